The third-order valence-corrected chi connectivity index (χ3v) is 3.74. The summed E-state index contributed by atoms with van der Waals surface area (Å²) in [5, 5.41) is 13.4. The first-order valence-corrected chi connectivity index (χ1v) is 7.59. The normalized spacial score (nSPS) is 14.0. The Labute approximate surface area is 137 Å². The van der Waals surface area contributed by atoms with Gasteiger partial charge in [0.1, 0.15) is 29.6 Å². The van der Waals surface area contributed by atoms with Crippen LogP contribution in [0.4, 0.5) is 17.3 Å². The first-order chi connectivity index (χ1) is 11.7. The first-order valence-electron chi connectivity index (χ1n) is 7.59. The van der Waals surface area contributed by atoms with Gasteiger partial charge in [-0.05, 0) is 12.1 Å². The topological polar surface area (TPSA) is 92.6 Å². The van der Waals surface area contributed by atoms with Crippen molar-refractivity contribution in [1.29, 1.82) is 0 Å². The average molecular weight is 324 g/mol. The van der Waals surface area contributed by atoms with E-state index >= 15 is 0 Å². The Morgan fingerprint density at radius 2 is 2.25 bits per heavy atom. The maximum Gasteiger partial charge on any atom is 0.256 e. The summed E-state index contributed by atoms with van der Waals surface area (Å²) in [6, 6.07) is 9.42. The van der Waals surface area contributed by atoms with Gasteiger partial charge in [0.15, 0.2) is 5.65 Å². The Kier molecular flexibility index (Phi) is 3.42. The molecule has 24 heavy (non-hydrogen) atoms. The molecule has 0 saturated carbocycles. The number of nitrogens with zero attached hydrogens (tertiary/aromatic N) is 3. The average Bonchev–Trinajstić information content (AvgIpc) is 3.01. The van der Waals surface area contributed by atoms with Crippen LogP contribution in [0, 0.1) is 0 Å². The Morgan fingerprint density at radius 1 is 1.33 bits per heavy atom. The van der Waals surface area contributed by atoms with E-state index in [4.69, 9.17) is 4.74 Å². The summed E-state index contributed by atoms with van der Waals surface area (Å²) >= 11 is 0. The molecule has 1 amide bonds. The molecule has 0 spiro atoms. The summed E-state index contributed by atoms with van der Waals surface area (Å²) in [6.45, 7) is 0.777. The van der Waals surface area contributed by atoms with Crippen LogP contribution in [0.15, 0.2) is 36.5 Å². The van der Waals surface area contributed by atoms with Crippen LogP contribution in [-0.4, -0.2) is 40.7 Å². The number of amides is 1. The molecule has 3 heterocycles. The molecule has 122 valence electrons. The SMILES string of the molecule is CNc1cc2nc3c(cnn13)C(=O)NCCOc1cccc(c1)N2. The van der Waals surface area contributed by atoms with Gasteiger partial charge in [-0.2, -0.15) is 9.61 Å². The summed E-state index contributed by atoms with van der Waals surface area (Å²) in [5.74, 6) is 1.83. The smallest absolute Gasteiger partial charge is 0.256 e. The summed E-state index contributed by atoms with van der Waals surface area (Å²) in [5.41, 5.74) is 1.75. The first kappa shape index (κ1) is 14.3. The van der Waals surface area contributed by atoms with Gasteiger partial charge in [0.25, 0.3) is 5.91 Å². The van der Waals surface area contributed by atoms with E-state index in [0.717, 1.165) is 17.3 Å². The van der Waals surface area contributed by atoms with Gasteiger partial charge in [-0.25, -0.2) is 4.98 Å². The summed E-state index contributed by atoms with van der Waals surface area (Å²) in [6.07, 6.45) is 1.52. The lowest BCUT2D eigenvalue weighted by molar-refractivity contribution is 0.0948. The van der Waals surface area contributed by atoms with E-state index in [-0.39, 0.29) is 5.91 Å². The van der Waals surface area contributed by atoms with Crippen molar-refractivity contribution in [3.63, 3.8) is 0 Å². The molecule has 4 bridgehead atoms. The monoisotopic (exact) mass is 324 g/mol. The van der Waals surface area contributed by atoms with Gasteiger partial charge in [0.05, 0.1) is 12.7 Å². The molecule has 3 aromatic rings. The second-order valence-electron chi connectivity index (χ2n) is 5.33. The summed E-state index contributed by atoms with van der Waals surface area (Å²) < 4.78 is 7.26. The molecule has 1 aliphatic heterocycles. The molecule has 1 aromatic carbocycles. The molecule has 8 heteroatoms. The fourth-order valence-corrected chi connectivity index (χ4v) is 2.61. The van der Waals surface area contributed by atoms with E-state index in [1.54, 1.807) is 11.6 Å². The zero-order chi connectivity index (χ0) is 16.5. The summed E-state index contributed by atoms with van der Waals surface area (Å²) in [7, 11) is 1.79. The molecule has 1 aliphatic rings. The van der Waals surface area contributed by atoms with E-state index in [1.165, 1.54) is 6.20 Å². The van der Waals surface area contributed by atoms with Gasteiger partial charge in [0.2, 0.25) is 0 Å². The highest BCUT2D eigenvalue weighted by Crippen LogP contribution is 2.24. The molecule has 0 atom stereocenters. The number of nitrogens with one attached hydrogen (secondary N) is 3. The molecule has 8 nitrogen and oxygen atoms in total. The fourth-order valence-electron chi connectivity index (χ4n) is 2.61. The van der Waals surface area contributed by atoms with Crippen LogP contribution in [0.3, 0.4) is 0 Å². The van der Waals surface area contributed by atoms with Crippen molar-refractivity contribution in [2.75, 3.05) is 30.8 Å². The number of fused-ring (bicyclic) bond motifs is 3. The molecule has 4 rings (SSSR count). The number of hydrogen-bond acceptors (Lipinski definition) is 6. The Balaban J connectivity index is 1.88. The van der Waals surface area contributed by atoms with E-state index in [2.05, 4.69) is 26.0 Å². The molecule has 0 radical (unpaired) electrons. The van der Waals surface area contributed by atoms with Crippen molar-refractivity contribution in [3.8, 4) is 5.75 Å². The van der Waals surface area contributed by atoms with Crippen LogP contribution in [0.5, 0.6) is 5.75 Å². The van der Waals surface area contributed by atoms with Crippen LogP contribution >= 0.6 is 0 Å². The molecule has 0 saturated heterocycles. The minimum absolute atomic E-state index is 0.230. The van der Waals surface area contributed by atoms with E-state index in [0.29, 0.717) is 30.2 Å². The maximum absolute atomic E-state index is 12.4. The largest absolute Gasteiger partial charge is 0.492 e. The lowest BCUT2D eigenvalue weighted by atomic mass is 10.3. The van der Waals surface area contributed by atoms with E-state index < -0.39 is 0 Å². The Morgan fingerprint density at radius 3 is 3.12 bits per heavy atom. The van der Waals surface area contributed by atoms with Crippen molar-refractivity contribution in [2.24, 2.45) is 0 Å². The molecular weight excluding hydrogens is 308 g/mol. The lowest BCUT2D eigenvalue weighted by Crippen LogP contribution is -2.28. The highest BCUT2D eigenvalue weighted by Gasteiger charge is 2.17. The van der Waals surface area contributed by atoms with Crippen LogP contribution in [0.2, 0.25) is 0 Å². The molecule has 2 aromatic heterocycles. The molecular formula is C16H16N6O2. The number of aromatic nitrogens is 3. The number of benzene rings is 1. The molecule has 0 fully saturated rings. The van der Waals surface area contributed by atoms with Gasteiger partial charge in [-0.15, -0.1) is 0 Å². The lowest BCUT2D eigenvalue weighted by Gasteiger charge is -2.11. The van der Waals surface area contributed by atoms with Crippen LogP contribution in [0.1, 0.15) is 10.4 Å². The second kappa shape index (κ2) is 5.73. The fraction of sp³-hybridized carbons (Fsp3) is 0.188. The minimum atomic E-state index is -0.230. The van der Waals surface area contributed by atoms with Crippen LogP contribution in [0.25, 0.3) is 5.65 Å². The van der Waals surface area contributed by atoms with Gasteiger partial charge in [-0.3, -0.25) is 4.79 Å². The van der Waals surface area contributed by atoms with Gasteiger partial charge >= 0.3 is 0 Å². The van der Waals surface area contributed by atoms with Gasteiger partial charge in [-0.1, -0.05) is 6.07 Å². The highest BCUT2D eigenvalue weighted by atomic mass is 16.5. The zero-order valence-corrected chi connectivity index (χ0v) is 13.0. The molecule has 0 aliphatic carbocycles. The second-order valence-corrected chi connectivity index (χ2v) is 5.33. The van der Waals surface area contributed by atoms with E-state index in [9.17, 15) is 4.79 Å². The van der Waals surface area contributed by atoms with E-state index in [1.807, 2.05) is 30.3 Å². The van der Waals surface area contributed by atoms with Crippen molar-refractivity contribution < 1.29 is 9.53 Å². The number of carbonyl (C=O) groups excluding carboxylic acids is 1. The van der Waals surface area contributed by atoms with Crippen molar-refractivity contribution in [1.82, 2.24) is 19.9 Å². The number of ether oxygens (including phenoxy) is 1. The number of hydrogen-bond donors (Lipinski definition) is 3. The third-order valence-electron chi connectivity index (χ3n) is 3.74. The Hall–Kier alpha value is -3.29. The zero-order valence-electron chi connectivity index (χ0n) is 13.0. The third kappa shape index (κ3) is 2.47. The van der Waals surface area contributed by atoms with Crippen molar-refractivity contribution in [2.45, 2.75) is 0 Å². The predicted molar refractivity (Wildman–Crippen MR) is 90.1 cm³/mol. The Bertz CT molecular complexity index is 920. The van der Waals surface area contributed by atoms with Gasteiger partial charge in [0, 0.05) is 24.9 Å². The predicted octanol–water partition coefficient (Wildman–Crippen LogP) is 1.64. The van der Waals surface area contributed by atoms with Crippen molar-refractivity contribution in [3.05, 3.63) is 42.1 Å². The number of carbonyl (C=O) groups is 1. The standard InChI is InChI=1S/C16H16N6O2/c1-17-14-8-13-20-10-3-2-4-11(7-10)24-6-5-18-16(23)12-9-19-22(14)15(12)21-13/h2-4,7-9,17H,5-6H2,1H3,(H,18,23)(H,20,21). The summed E-state index contributed by atoms with van der Waals surface area (Å²) in [4.78, 5) is 16.9. The minimum Gasteiger partial charge on any atom is -0.492 e. The van der Waals surface area contributed by atoms with Crippen LogP contribution < -0.4 is 20.7 Å². The molecule has 3 N–H and O–H groups in total. The molecule has 0 unspecified atom stereocenters. The van der Waals surface area contributed by atoms with Crippen LogP contribution in [-0.2, 0) is 0 Å². The number of anilines is 3. The quantitative estimate of drug-likeness (QED) is 0.630. The maximum atomic E-state index is 12.4. The number of rotatable bonds is 1. The van der Waals surface area contributed by atoms with Crippen molar-refractivity contribution >= 4 is 28.9 Å². The van der Waals surface area contributed by atoms with Gasteiger partial charge < -0.3 is 20.7 Å². The highest BCUT2D eigenvalue weighted by molar-refractivity contribution is 6.00.